The molecule has 112 valence electrons. The van der Waals surface area contributed by atoms with Gasteiger partial charge in [0.05, 0.1) is 10.2 Å². The fourth-order valence-electron chi connectivity index (χ4n) is 2.06. The zero-order valence-electron chi connectivity index (χ0n) is 12.5. The van der Waals surface area contributed by atoms with Crippen molar-refractivity contribution in [3.63, 3.8) is 0 Å². The SMILES string of the molecule is CCNc1nc(-c2cccc(F)c2)nc(CC(C)C)c1Br. The van der Waals surface area contributed by atoms with Crippen LogP contribution < -0.4 is 5.32 Å². The van der Waals surface area contributed by atoms with Gasteiger partial charge in [-0.1, -0.05) is 26.0 Å². The summed E-state index contributed by atoms with van der Waals surface area (Å²) in [4.78, 5) is 9.11. The van der Waals surface area contributed by atoms with Crippen molar-refractivity contribution >= 4 is 21.7 Å². The lowest BCUT2D eigenvalue weighted by molar-refractivity contribution is 0.627. The number of nitrogens with one attached hydrogen (secondary N) is 1. The van der Waals surface area contributed by atoms with Crippen LogP contribution in [0.3, 0.4) is 0 Å². The van der Waals surface area contributed by atoms with Gasteiger partial charge >= 0.3 is 0 Å². The molecule has 0 aliphatic carbocycles. The quantitative estimate of drug-likeness (QED) is 0.849. The van der Waals surface area contributed by atoms with Gasteiger partial charge in [-0.3, -0.25) is 0 Å². The van der Waals surface area contributed by atoms with Crippen LogP contribution in [0.4, 0.5) is 10.2 Å². The van der Waals surface area contributed by atoms with E-state index in [1.54, 1.807) is 6.07 Å². The van der Waals surface area contributed by atoms with Crippen molar-refractivity contribution in [2.24, 2.45) is 5.92 Å². The van der Waals surface area contributed by atoms with E-state index in [-0.39, 0.29) is 5.82 Å². The molecular weight excluding hydrogens is 333 g/mol. The zero-order valence-corrected chi connectivity index (χ0v) is 14.0. The maximum absolute atomic E-state index is 13.4. The van der Waals surface area contributed by atoms with Gasteiger partial charge in [0.2, 0.25) is 0 Å². The number of anilines is 1. The van der Waals surface area contributed by atoms with Crippen molar-refractivity contribution < 1.29 is 4.39 Å². The van der Waals surface area contributed by atoms with Gasteiger partial charge in [-0.2, -0.15) is 0 Å². The highest BCUT2D eigenvalue weighted by molar-refractivity contribution is 9.10. The smallest absolute Gasteiger partial charge is 0.161 e. The van der Waals surface area contributed by atoms with Crippen LogP contribution in [0.5, 0.6) is 0 Å². The van der Waals surface area contributed by atoms with E-state index in [1.807, 2.05) is 13.0 Å². The van der Waals surface area contributed by atoms with Gasteiger partial charge in [0.15, 0.2) is 5.82 Å². The molecule has 5 heteroatoms. The van der Waals surface area contributed by atoms with Crippen LogP contribution in [0.25, 0.3) is 11.4 Å². The maximum atomic E-state index is 13.4. The molecule has 21 heavy (non-hydrogen) atoms. The Hall–Kier alpha value is -1.49. The standard InChI is InChI=1S/C16H19BrFN3/c1-4-19-16-14(17)13(8-10(2)3)20-15(21-16)11-6-5-7-12(18)9-11/h5-7,9-10H,4,8H2,1-3H3,(H,19,20,21). The molecule has 0 radical (unpaired) electrons. The molecule has 0 aliphatic rings. The molecule has 2 aromatic rings. The highest BCUT2D eigenvalue weighted by atomic mass is 79.9. The molecule has 0 bridgehead atoms. The normalized spacial score (nSPS) is 11.0. The molecular formula is C16H19BrFN3. The van der Waals surface area contributed by atoms with Gasteiger partial charge < -0.3 is 5.32 Å². The van der Waals surface area contributed by atoms with Gasteiger partial charge in [0.1, 0.15) is 11.6 Å². The second-order valence-electron chi connectivity index (χ2n) is 5.30. The fourth-order valence-corrected chi connectivity index (χ4v) is 2.54. The Labute approximate surface area is 133 Å². The molecule has 0 amide bonds. The second kappa shape index (κ2) is 6.98. The van der Waals surface area contributed by atoms with E-state index in [0.717, 1.165) is 29.0 Å². The highest BCUT2D eigenvalue weighted by Crippen LogP contribution is 2.29. The van der Waals surface area contributed by atoms with Crippen LogP contribution in [-0.4, -0.2) is 16.5 Å². The Morgan fingerprint density at radius 2 is 2.05 bits per heavy atom. The lowest BCUT2D eigenvalue weighted by atomic mass is 10.1. The summed E-state index contributed by atoms with van der Waals surface area (Å²) in [6.45, 7) is 7.06. The summed E-state index contributed by atoms with van der Waals surface area (Å²) in [5.41, 5.74) is 1.63. The van der Waals surface area contributed by atoms with Crippen molar-refractivity contribution in [3.8, 4) is 11.4 Å². The van der Waals surface area contributed by atoms with Crippen LogP contribution in [0.1, 0.15) is 26.5 Å². The van der Waals surface area contributed by atoms with Crippen molar-refractivity contribution in [2.75, 3.05) is 11.9 Å². The first-order valence-corrected chi connectivity index (χ1v) is 7.86. The summed E-state index contributed by atoms with van der Waals surface area (Å²) in [6.07, 6.45) is 0.837. The number of rotatable bonds is 5. The van der Waals surface area contributed by atoms with Gasteiger partial charge in [0, 0.05) is 12.1 Å². The molecule has 1 aromatic heterocycles. The molecule has 0 spiro atoms. The zero-order chi connectivity index (χ0) is 15.4. The van der Waals surface area contributed by atoms with Gasteiger partial charge in [-0.05, 0) is 47.3 Å². The highest BCUT2D eigenvalue weighted by Gasteiger charge is 2.14. The molecule has 0 unspecified atom stereocenters. The average molecular weight is 352 g/mol. The Morgan fingerprint density at radius 1 is 1.29 bits per heavy atom. The third-order valence-corrected chi connectivity index (χ3v) is 3.78. The summed E-state index contributed by atoms with van der Waals surface area (Å²) in [6, 6.07) is 6.37. The van der Waals surface area contributed by atoms with Crippen LogP contribution >= 0.6 is 15.9 Å². The number of nitrogens with zero attached hydrogens (tertiary/aromatic N) is 2. The summed E-state index contributed by atoms with van der Waals surface area (Å²) in [5.74, 6) is 1.49. The van der Waals surface area contributed by atoms with Crippen LogP contribution in [0.15, 0.2) is 28.7 Å². The molecule has 2 rings (SSSR count). The van der Waals surface area contributed by atoms with E-state index in [0.29, 0.717) is 17.3 Å². The van der Waals surface area contributed by atoms with E-state index in [9.17, 15) is 4.39 Å². The Morgan fingerprint density at radius 3 is 2.67 bits per heavy atom. The number of halogens is 2. The van der Waals surface area contributed by atoms with Gasteiger partial charge in [-0.15, -0.1) is 0 Å². The summed E-state index contributed by atoms with van der Waals surface area (Å²) >= 11 is 3.57. The third kappa shape index (κ3) is 4.00. The van der Waals surface area contributed by atoms with E-state index in [1.165, 1.54) is 12.1 Å². The Balaban J connectivity index is 2.52. The van der Waals surface area contributed by atoms with E-state index < -0.39 is 0 Å². The Bertz CT molecular complexity index is 629. The molecule has 3 nitrogen and oxygen atoms in total. The molecule has 0 saturated heterocycles. The predicted octanol–water partition coefficient (Wildman–Crippen LogP) is 4.68. The van der Waals surface area contributed by atoms with Crippen LogP contribution in [0.2, 0.25) is 0 Å². The monoisotopic (exact) mass is 351 g/mol. The molecule has 0 atom stereocenters. The first kappa shape index (κ1) is 15.9. The molecule has 1 N–H and O–H groups in total. The molecule has 1 aromatic carbocycles. The number of hydrogen-bond donors (Lipinski definition) is 1. The van der Waals surface area contributed by atoms with Gasteiger partial charge in [-0.25, -0.2) is 14.4 Å². The number of benzene rings is 1. The van der Waals surface area contributed by atoms with Crippen LogP contribution in [0, 0.1) is 11.7 Å². The van der Waals surface area contributed by atoms with E-state index in [4.69, 9.17) is 0 Å². The lowest BCUT2D eigenvalue weighted by Crippen LogP contribution is -2.08. The number of hydrogen-bond acceptors (Lipinski definition) is 3. The van der Waals surface area contributed by atoms with E-state index in [2.05, 4.69) is 45.1 Å². The minimum absolute atomic E-state index is 0.283. The van der Waals surface area contributed by atoms with E-state index >= 15 is 0 Å². The summed E-state index contributed by atoms with van der Waals surface area (Å²) in [5, 5.41) is 3.22. The largest absolute Gasteiger partial charge is 0.369 e. The predicted molar refractivity (Wildman–Crippen MR) is 87.8 cm³/mol. The second-order valence-corrected chi connectivity index (χ2v) is 6.09. The third-order valence-electron chi connectivity index (χ3n) is 2.95. The molecule has 0 saturated carbocycles. The molecule has 0 fully saturated rings. The van der Waals surface area contributed by atoms with Crippen molar-refractivity contribution in [2.45, 2.75) is 27.2 Å². The molecule has 1 heterocycles. The topological polar surface area (TPSA) is 37.8 Å². The van der Waals surface area contributed by atoms with Crippen molar-refractivity contribution in [3.05, 3.63) is 40.2 Å². The van der Waals surface area contributed by atoms with Gasteiger partial charge in [0.25, 0.3) is 0 Å². The minimum atomic E-state index is -0.283. The van der Waals surface area contributed by atoms with Crippen molar-refractivity contribution in [1.29, 1.82) is 0 Å². The first-order chi connectivity index (χ1) is 10.0. The average Bonchev–Trinajstić information content (AvgIpc) is 2.42. The maximum Gasteiger partial charge on any atom is 0.161 e. The summed E-state index contributed by atoms with van der Waals surface area (Å²) < 4.78 is 14.3. The minimum Gasteiger partial charge on any atom is -0.369 e. The fraction of sp³-hybridized carbons (Fsp3) is 0.375. The summed E-state index contributed by atoms with van der Waals surface area (Å²) in [7, 11) is 0. The lowest BCUT2D eigenvalue weighted by Gasteiger charge is -2.13. The van der Waals surface area contributed by atoms with Crippen molar-refractivity contribution in [1.82, 2.24) is 9.97 Å². The number of aromatic nitrogens is 2. The first-order valence-electron chi connectivity index (χ1n) is 7.07. The molecule has 0 aliphatic heterocycles. The Kier molecular flexibility index (Phi) is 5.28. The van der Waals surface area contributed by atoms with Crippen LogP contribution in [-0.2, 0) is 6.42 Å².